The molecule has 1 aliphatic heterocycles. The molecule has 0 saturated carbocycles. The van der Waals surface area contributed by atoms with Crippen molar-refractivity contribution in [1.29, 1.82) is 0 Å². The molecule has 1 aliphatic rings. The molecule has 0 spiro atoms. The SMILES string of the molecule is Cc1cc(OC(C)C(=O)NCc2ccc(CN3CCCC3)cc2)ccc1Cl. The van der Waals surface area contributed by atoms with Gasteiger partial charge < -0.3 is 10.1 Å². The molecule has 1 atom stereocenters. The van der Waals surface area contributed by atoms with E-state index in [4.69, 9.17) is 16.3 Å². The fourth-order valence-electron chi connectivity index (χ4n) is 3.24. The van der Waals surface area contributed by atoms with Crippen LogP contribution < -0.4 is 10.1 Å². The van der Waals surface area contributed by atoms with Crippen LogP contribution in [0.5, 0.6) is 5.75 Å². The number of hydrogen-bond donors (Lipinski definition) is 1. The number of carbonyl (C=O) groups is 1. The van der Waals surface area contributed by atoms with Crippen molar-refractivity contribution in [2.75, 3.05) is 13.1 Å². The highest BCUT2D eigenvalue weighted by Crippen LogP contribution is 2.22. The van der Waals surface area contributed by atoms with E-state index in [-0.39, 0.29) is 5.91 Å². The van der Waals surface area contributed by atoms with Gasteiger partial charge in [-0.3, -0.25) is 9.69 Å². The van der Waals surface area contributed by atoms with Crippen LogP contribution in [0, 0.1) is 6.92 Å². The second-order valence-electron chi connectivity index (χ2n) is 7.19. The lowest BCUT2D eigenvalue weighted by Crippen LogP contribution is -2.35. The molecule has 2 aromatic carbocycles. The van der Waals surface area contributed by atoms with Crippen molar-refractivity contribution in [1.82, 2.24) is 10.2 Å². The standard InChI is InChI=1S/C22H27ClN2O2/c1-16-13-20(9-10-21(16)23)27-17(2)22(26)24-14-18-5-7-19(8-6-18)15-25-11-3-4-12-25/h5-10,13,17H,3-4,11-12,14-15H2,1-2H3,(H,24,26). The number of likely N-dealkylation sites (tertiary alicyclic amines) is 1. The summed E-state index contributed by atoms with van der Waals surface area (Å²) in [6.07, 6.45) is 2.04. The van der Waals surface area contributed by atoms with Gasteiger partial charge in [0, 0.05) is 18.1 Å². The lowest BCUT2D eigenvalue weighted by molar-refractivity contribution is -0.127. The summed E-state index contributed by atoms with van der Waals surface area (Å²) in [5.41, 5.74) is 3.33. The molecule has 1 fully saturated rings. The first-order valence-electron chi connectivity index (χ1n) is 9.52. The fraction of sp³-hybridized carbons (Fsp3) is 0.409. The molecular weight excluding hydrogens is 360 g/mol. The summed E-state index contributed by atoms with van der Waals surface area (Å²) < 4.78 is 5.72. The van der Waals surface area contributed by atoms with Crippen LogP contribution >= 0.6 is 11.6 Å². The molecule has 0 aromatic heterocycles. The molecule has 1 N–H and O–H groups in total. The van der Waals surface area contributed by atoms with E-state index in [9.17, 15) is 4.79 Å². The summed E-state index contributed by atoms with van der Waals surface area (Å²) in [4.78, 5) is 14.8. The van der Waals surface area contributed by atoms with Crippen LogP contribution in [0.1, 0.15) is 36.5 Å². The van der Waals surface area contributed by atoms with Crippen LogP contribution in [0.25, 0.3) is 0 Å². The van der Waals surface area contributed by atoms with Crippen LogP contribution in [-0.4, -0.2) is 30.0 Å². The minimum Gasteiger partial charge on any atom is -0.481 e. The minimum absolute atomic E-state index is 0.135. The molecule has 1 saturated heterocycles. The molecule has 1 heterocycles. The summed E-state index contributed by atoms with van der Waals surface area (Å²) in [5, 5.41) is 3.62. The first kappa shape index (κ1) is 19.7. The van der Waals surface area contributed by atoms with Crippen LogP contribution in [0.4, 0.5) is 0 Å². The number of nitrogens with one attached hydrogen (secondary N) is 1. The monoisotopic (exact) mass is 386 g/mol. The Morgan fingerprint density at radius 2 is 1.81 bits per heavy atom. The lowest BCUT2D eigenvalue weighted by Gasteiger charge is -2.16. The maximum absolute atomic E-state index is 12.3. The summed E-state index contributed by atoms with van der Waals surface area (Å²) >= 11 is 6.02. The molecule has 144 valence electrons. The van der Waals surface area contributed by atoms with E-state index in [1.165, 1.54) is 31.5 Å². The van der Waals surface area contributed by atoms with E-state index in [1.807, 2.05) is 13.0 Å². The molecule has 1 unspecified atom stereocenters. The third kappa shape index (κ3) is 5.72. The third-order valence-electron chi connectivity index (χ3n) is 4.91. The van der Waals surface area contributed by atoms with Crippen LogP contribution in [0.2, 0.25) is 5.02 Å². The average Bonchev–Trinajstić information content (AvgIpc) is 3.17. The zero-order chi connectivity index (χ0) is 19.2. The largest absolute Gasteiger partial charge is 0.481 e. The van der Waals surface area contributed by atoms with Gasteiger partial charge in [0.15, 0.2) is 6.10 Å². The maximum Gasteiger partial charge on any atom is 0.261 e. The second kappa shape index (κ2) is 9.25. The van der Waals surface area contributed by atoms with Gasteiger partial charge in [0.1, 0.15) is 5.75 Å². The number of amides is 1. The average molecular weight is 387 g/mol. The highest BCUT2D eigenvalue weighted by atomic mass is 35.5. The van der Waals surface area contributed by atoms with Gasteiger partial charge in [-0.25, -0.2) is 0 Å². The van der Waals surface area contributed by atoms with Gasteiger partial charge in [-0.2, -0.15) is 0 Å². The number of aryl methyl sites for hydroxylation is 1. The van der Waals surface area contributed by atoms with Crippen molar-refractivity contribution in [3.63, 3.8) is 0 Å². The highest BCUT2D eigenvalue weighted by molar-refractivity contribution is 6.31. The van der Waals surface area contributed by atoms with Crippen LogP contribution in [0.15, 0.2) is 42.5 Å². The predicted molar refractivity (Wildman–Crippen MR) is 109 cm³/mol. The number of nitrogens with zero attached hydrogens (tertiary/aromatic N) is 1. The third-order valence-corrected chi connectivity index (χ3v) is 5.33. The van der Waals surface area contributed by atoms with Crippen molar-refractivity contribution < 1.29 is 9.53 Å². The quantitative estimate of drug-likeness (QED) is 0.770. The van der Waals surface area contributed by atoms with Crippen molar-refractivity contribution in [3.8, 4) is 5.75 Å². The predicted octanol–water partition coefficient (Wildman–Crippen LogP) is 4.33. The van der Waals surface area contributed by atoms with Crippen molar-refractivity contribution in [2.45, 2.75) is 45.9 Å². The highest BCUT2D eigenvalue weighted by Gasteiger charge is 2.15. The van der Waals surface area contributed by atoms with E-state index < -0.39 is 6.10 Å². The molecule has 0 bridgehead atoms. The van der Waals surface area contributed by atoms with Crippen molar-refractivity contribution in [3.05, 3.63) is 64.2 Å². The molecule has 0 aliphatic carbocycles. The summed E-state index contributed by atoms with van der Waals surface area (Å²) in [6.45, 7) is 7.56. The maximum atomic E-state index is 12.3. The second-order valence-corrected chi connectivity index (χ2v) is 7.60. The molecule has 5 heteroatoms. The van der Waals surface area contributed by atoms with Gasteiger partial charge in [-0.1, -0.05) is 35.9 Å². The number of ether oxygens (including phenoxy) is 1. The molecule has 3 rings (SSSR count). The van der Waals surface area contributed by atoms with Gasteiger partial charge in [0.2, 0.25) is 0 Å². The molecular formula is C22H27ClN2O2. The molecule has 4 nitrogen and oxygen atoms in total. The normalized spacial score (nSPS) is 15.5. The molecule has 2 aromatic rings. The minimum atomic E-state index is -0.569. The summed E-state index contributed by atoms with van der Waals surface area (Å²) in [7, 11) is 0. The fourth-order valence-corrected chi connectivity index (χ4v) is 3.36. The number of halogens is 1. The Kier molecular flexibility index (Phi) is 6.75. The topological polar surface area (TPSA) is 41.6 Å². The van der Waals surface area contributed by atoms with E-state index in [0.29, 0.717) is 17.3 Å². The van der Waals surface area contributed by atoms with Crippen LogP contribution in [-0.2, 0) is 17.9 Å². The van der Waals surface area contributed by atoms with Gasteiger partial charge in [0.05, 0.1) is 0 Å². The Morgan fingerprint density at radius 3 is 2.48 bits per heavy atom. The summed E-state index contributed by atoms with van der Waals surface area (Å²) in [5.74, 6) is 0.509. The Morgan fingerprint density at radius 1 is 1.15 bits per heavy atom. The Labute approximate surface area is 166 Å². The number of benzene rings is 2. The molecule has 27 heavy (non-hydrogen) atoms. The molecule has 0 radical (unpaired) electrons. The number of rotatable bonds is 7. The smallest absolute Gasteiger partial charge is 0.261 e. The first-order valence-corrected chi connectivity index (χ1v) is 9.90. The Hall–Kier alpha value is -2.04. The zero-order valence-corrected chi connectivity index (χ0v) is 16.8. The zero-order valence-electron chi connectivity index (χ0n) is 16.0. The van der Waals surface area contributed by atoms with Crippen molar-refractivity contribution >= 4 is 17.5 Å². The Bertz CT molecular complexity index is 770. The van der Waals surface area contributed by atoms with Gasteiger partial charge in [0.25, 0.3) is 5.91 Å². The van der Waals surface area contributed by atoms with Crippen LogP contribution in [0.3, 0.4) is 0 Å². The first-order chi connectivity index (χ1) is 13.0. The summed E-state index contributed by atoms with van der Waals surface area (Å²) in [6, 6.07) is 13.9. The van der Waals surface area contributed by atoms with E-state index >= 15 is 0 Å². The van der Waals surface area contributed by atoms with E-state index in [1.54, 1.807) is 19.1 Å². The Balaban J connectivity index is 1.46. The molecule has 1 amide bonds. The van der Waals surface area contributed by atoms with Gasteiger partial charge in [-0.05, 0) is 74.7 Å². The van der Waals surface area contributed by atoms with E-state index in [0.717, 1.165) is 17.7 Å². The van der Waals surface area contributed by atoms with Gasteiger partial charge in [-0.15, -0.1) is 0 Å². The number of carbonyl (C=O) groups excluding carboxylic acids is 1. The van der Waals surface area contributed by atoms with Crippen molar-refractivity contribution in [2.24, 2.45) is 0 Å². The lowest BCUT2D eigenvalue weighted by atomic mass is 10.1. The van der Waals surface area contributed by atoms with E-state index in [2.05, 4.69) is 34.5 Å². The van der Waals surface area contributed by atoms with Gasteiger partial charge >= 0.3 is 0 Å². The number of hydrogen-bond acceptors (Lipinski definition) is 3.